The molecule has 0 aromatic rings. The molecule has 0 radical (unpaired) electrons. The van der Waals surface area contributed by atoms with Crippen LogP contribution in [-0.4, -0.2) is 52.1 Å². The van der Waals surface area contributed by atoms with Crippen LogP contribution in [0.2, 0.25) is 0 Å². The Balaban J connectivity index is 4.05. The third-order valence-corrected chi connectivity index (χ3v) is 2.58. The average molecular weight is 247 g/mol. The predicted molar refractivity (Wildman–Crippen MR) is 66.0 cm³/mol. The Morgan fingerprint density at radius 1 is 1.24 bits per heavy atom. The van der Waals surface area contributed by atoms with E-state index >= 15 is 0 Å². The van der Waals surface area contributed by atoms with Gasteiger partial charge < -0.3 is 19.5 Å². The Morgan fingerprint density at radius 3 is 2.47 bits per heavy atom. The number of carbonyl (C=O) groups is 1. The summed E-state index contributed by atoms with van der Waals surface area (Å²) in [4.78, 5) is 11.7. The number of ether oxygens (including phenoxy) is 3. The second-order valence-corrected chi connectivity index (χ2v) is 4.11. The maximum absolute atomic E-state index is 11.7. The Labute approximate surface area is 104 Å². The first-order valence-corrected chi connectivity index (χ1v) is 6.00. The number of rotatable bonds is 10. The lowest BCUT2D eigenvalue weighted by atomic mass is 9.98. The molecule has 1 atom stereocenters. The highest BCUT2D eigenvalue weighted by atomic mass is 16.5. The third kappa shape index (κ3) is 6.61. The Morgan fingerprint density at radius 2 is 1.94 bits per heavy atom. The topological polar surface area (TPSA) is 56.8 Å². The molecule has 0 spiro atoms. The second-order valence-electron chi connectivity index (χ2n) is 4.11. The van der Waals surface area contributed by atoms with Crippen molar-refractivity contribution in [3.63, 3.8) is 0 Å². The zero-order chi connectivity index (χ0) is 13.1. The van der Waals surface area contributed by atoms with E-state index in [1.165, 1.54) is 7.11 Å². The van der Waals surface area contributed by atoms with Crippen LogP contribution in [0, 0.1) is 0 Å². The molecule has 0 fully saturated rings. The van der Waals surface area contributed by atoms with Crippen LogP contribution in [0.3, 0.4) is 0 Å². The zero-order valence-corrected chi connectivity index (χ0v) is 11.4. The van der Waals surface area contributed by atoms with Gasteiger partial charge in [0.1, 0.15) is 5.54 Å². The van der Waals surface area contributed by atoms with E-state index in [0.29, 0.717) is 26.2 Å². The molecule has 1 N–H and O–H groups in total. The van der Waals surface area contributed by atoms with Crippen LogP contribution in [0.1, 0.15) is 26.7 Å². The summed E-state index contributed by atoms with van der Waals surface area (Å²) in [6, 6.07) is 0. The number of hydrogen-bond donors (Lipinski definition) is 1. The van der Waals surface area contributed by atoms with Crippen molar-refractivity contribution in [1.82, 2.24) is 5.32 Å². The molecule has 0 aromatic carbocycles. The minimum absolute atomic E-state index is 0.249. The van der Waals surface area contributed by atoms with Gasteiger partial charge in [0.25, 0.3) is 0 Å². The van der Waals surface area contributed by atoms with Crippen LogP contribution in [0.4, 0.5) is 0 Å². The van der Waals surface area contributed by atoms with E-state index in [1.54, 1.807) is 7.11 Å². The highest BCUT2D eigenvalue weighted by Crippen LogP contribution is 2.12. The number of methoxy groups -OCH3 is 2. The van der Waals surface area contributed by atoms with Gasteiger partial charge in [-0.05, 0) is 26.3 Å². The fourth-order valence-corrected chi connectivity index (χ4v) is 1.41. The first kappa shape index (κ1) is 16.4. The molecular weight excluding hydrogens is 222 g/mol. The molecule has 5 nitrogen and oxygen atoms in total. The molecule has 17 heavy (non-hydrogen) atoms. The Hall–Kier alpha value is -0.650. The van der Waals surface area contributed by atoms with Gasteiger partial charge in [0.15, 0.2) is 0 Å². The zero-order valence-electron chi connectivity index (χ0n) is 11.4. The molecule has 5 heteroatoms. The first-order chi connectivity index (χ1) is 8.10. The van der Waals surface area contributed by atoms with E-state index in [9.17, 15) is 4.79 Å². The van der Waals surface area contributed by atoms with Crippen molar-refractivity contribution in [2.75, 3.05) is 40.6 Å². The van der Waals surface area contributed by atoms with Gasteiger partial charge in [-0.3, -0.25) is 4.79 Å². The van der Waals surface area contributed by atoms with Crippen molar-refractivity contribution < 1.29 is 19.0 Å². The van der Waals surface area contributed by atoms with Crippen molar-refractivity contribution in [3.8, 4) is 0 Å². The van der Waals surface area contributed by atoms with Crippen molar-refractivity contribution >= 4 is 5.97 Å². The molecule has 0 heterocycles. The summed E-state index contributed by atoms with van der Waals surface area (Å²) in [5.41, 5.74) is -0.669. The van der Waals surface area contributed by atoms with E-state index in [0.717, 1.165) is 13.0 Å². The minimum atomic E-state index is -0.669. The average Bonchev–Trinajstić information content (AvgIpc) is 2.35. The number of carbonyl (C=O) groups excluding carboxylic acids is 1. The van der Waals surface area contributed by atoms with Crippen LogP contribution < -0.4 is 5.32 Å². The van der Waals surface area contributed by atoms with Crippen LogP contribution >= 0.6 is 0 Å². The summed E-state index contributed by atoms with van der Waals surface area (Å²) < 4.78 is 15.1. The maximum atomic E-state index is 11.7. The molecule has 1 unspecified atom stereocenters. The van der Waals surface area contributed by atoms with Gasteiger partial charge >= 0.3 is 5.97 Å². The van der Waals surface area contributed by atoms with Gasteiger partial charge in [-0.2, -0.15) is 0 Å². The van der Waals surface area contributed by atoms with Gasteiger partial charge in [0.2, 0.25) is 0 Å². The Kier molecular flexibility index (Phi) is 9.03. The summed E-state index contributed by atoms with van der Waals surface area (Å²) in [7, 11) is 3.03. The van der Waals surface area contributed by atoms with Crippen LogP contribution in [0.25, 0.3) is 0 Å². The largest absolute Gasteiger partial charge is 0.468 e. The summed E-state index contributed by atoms with van der Waals surface area (Å²) in [5.74, 6) is -0.249. The third-order valence-electron chi connectivity index (χ3n) is 2.58. The lowest BCUT2D eigenvalue weighted by Gasteiger charge is -2.27. The standard InChI is InChI=1S/C12H25NO4/c1-5-7-13-12(2,11(14)16-4)6-8-17-10-9-15-3/h13H,5-10H2,1-4H3. The second kappa shape index (κ2) is 9.39. The highest BCUT2D eigenvalue weighted by Gasteiger charge is 2.33. The SMILES string of the molecule is CCCNC(C)(CCOCCOC)C(=O)OC. The Bertz CT molecular complexity index is 211. The molecular formula is C12H25NO4. The monoisotopic (exact) mass is 247 g/mol. The molecule has 0 saturated heterocycles. The van der Waals surface area contributed by atoms with E-state index in [-0.39, 0.29) is 5.97 Å². The molecule has 102 valence electrons. The number of esters is 1. The van der Waals surface area contributed by atoms with Gasteiger partial charge in [-0.1, -0.05) is 6.92 Å². The van der Waals surface area contributed by atoms with E-state index in [2.05, 4.69) is 12.2 Å². The van der Waals surface area contributed by atoms with E-state index < -0.39 is 5.54 Å². The molecule has 0 aliphatic carbocycles. The van der Waals surface area contributed by atoms with Gasteiger partial charge in [0, 0.05) is 13.7 Å². The fourth-order valence-electron chi connectivity index (χ4n) is 1.41. The molecule has 0 rings (SSSR count). The van der Waals surface area contributed by atoms with Gasteiger partial charge in [-0.15, -0.1) is 0 Å². The van der Waals surface area contributed by atoms with Crippen molar-refractivity contribution in [3.05, 3.63) is 0 Å². The fraction of sp³-hybridized carbons (Fsp3) is 0.917. The van der Waals surface area contributed by atoms with Crippen molar-refractivity contribution in [2.24, 2.45) is 0 Å². The van der Waals surface area contributed by atoms with Crippen LogP contribution in [0.5, 0.6) is 0 Å². The van der Waals surface area contributed by atoms with E-state index in [4.69, 9.17) is 14.2 Å². The van der Waals surface area contributed by atoms with Crippen LogP contribution in [-0.2, 0) is 19.0 Å². The van der Waals surface area contributed by atoms with Crippen molar-refractivity contribution in [2.45, 2.75) is 32.2 Å². The van der Waals surface area contributed by atoms with Crippen LogP contribution in [0.15, 0.2) is 0 Å². The lowest BCUT2D eigenvalue weighted by molar-refractivity contribution is -0.148. The predicted octanol–water partition coefficient (Wildman–Crippen LogP) is 0.971. The van der Waals surface area contributed by atoms with Crippen molar-refractivity contribution in [1.29, 1.82) is 0 Å². The normalized spacial score (nSPS) is 14.4. The lowest BCUT2D eigenvalue weighted by Crippen LogP contribution is -2.51. The highest BCUT2D eigenvalue weighted by molar-refractivity contribution is 5.80. The molecule has 0 saturated carbocycles. The maximum Gasteiger partial charge on any atom is 0.325 e. The summed E-state index contributed by atoms with van der Waals surface area (Å²) in [6.07, 6.45) is 1.56. The number of hydrogen-bond acceptors (Lipinski definition) is 5. The van der Waals surface area contributed by atoms with E-state index in [1.807, 2.05) is 6.92 Å². The number of nitrogens with one attached hydrogen (secondary N) is 1. The smallest absolute Gasteiger partial charge is 0.325 e. The summed E-state index contributed by atoms with van der Waals surface area (Å²) >= 11 is 0. The van der Waals surface area contributed by atoms with Gasteiger partial charge in [0.05, 0.1) is 20.3 Å². The first-order valence-electron chi connectivity index (χ1n) is 6.00. The molecule has 0 aliphatic heterocycles. The summed E-state index contributed by atoms with van der Waals surface area (Å²) in [5, 5.41) is 3.20. The molecule has 0 bridgehead atoms. The minimum Gasteiger partial charge on any atom is -0.468 e. The molecule has 0 aliphatic rings. The quantitative estimate of drug-likeness (QED) is 0.460. The molecule has 0 amide bonds. The van der Waals surface area contributed by atoms with Gasteiger partial charge in [-0.25, -0.2) is 0 Å². The summed E-state index contributed by atoms with van der Waals surface area (Å²) in [6.45, 7) is 6.29. The molecule has 0 aromatic heterocycles.